The number of esters is 1. The number of fused-ring (bicyclic) bond motifs is 1. The first-order valence-electron chi connectivity index (χ1n) is 13.5. The molecule has 4 N–H and O–H groups in total. The number of carbonyl (C=O) groups is 1. The van der Waals surface area contributed by atoms with Crippen molar-refractivity contribution in [2.24, 2.45) is 5.41 Å². The molecule has 2 aromatic carbocycles. The fourth-order valence-electron chi connectivity index (χ4n) is 4.50. The Balaban J connectivity index is 1.52. The summed E-state index contributed by atoms with van der Waals surface area (Å²) in [5, 5.41) is 19.1. The molecule has 2 aromatic heterocycles. The molecule has 0 radical (unpaired) electrons. The van der Waals surface area contributed by atoms with E-state index in [0.717, 1.165) is 11.3 Å². The highest BCUT2D eigenvalue weighted by atomic mass is 35.5. The number of anilines is 3. The fourth-order valence-corrected chi connectivity index (χ4v) is 4.95. The number of nitriles is 1. The minimum absolute atomic E-state index is 0.0157. The first-order chi connectivity index (χ1) is 20.9. The maximum Gasteiger partial charge on any atom is 0.312 e. The summed E-state index contributed by atoms with van der Waals surface area (Å²) in [5.74, 6) is -0.888. The molecule has 5 rings (SSSR count). The molecule has 0 fully saturated rings. The monoisotopic (exact) mass is 634 g/mol. The number of halogens is 3. The van der Waals surface area contributed by atoms with Crippen LogP contribution in [-0.2, 0) is 9.53 Å². The van der Waals surface area contributed by atoms with Crippen LogP contribution in [0.4, 0.5) is 21.5 Å². The van der Waals surface area contributed by atoms with Crippen molar-refractivity contribution in [2.75, 3.05) is 17.4 Å². The Bertz CT molecular complexity index is 1820. The van der Waals surface area contributed by atoms with Crippen molar-refractivity contribution in [3.63, 3.8) is 0 Å². The van der Waals surface area contributed by atoms with E-state index in [1.165, 1.54) is 24.4 Å². The van der Waals surface area contributed by atoms with Crippen LogP contribution in [0, 0.1) is 29.5 Å². The highest BCUT2D eigenvalue weighted by molar-refractivity contribution is 6.36. The number of aromatic nitrogens is 2. The number of hydrogen-bond acceptors (Lipinski definition) is 10. The highest BCUT2D eigenvalue weighted by Gasteiger charge is 2.27. The van der Waals surface area contributed by atoms with Crippen LogP contribution < -0.4 is 21.6 Å². The third-order valence-electron chi connectivity index (χ3n) is 6.80. The first kappa shape index (κ1) is 30.8. The van der Waals surface area contributed by atoms with Gasteiger partial charge in [-0.15, -0.1) is 5.53 Å². The van der Waals surface area contributed by atoms with E-state index < -0.39 is 17.3 Å². The van der Waals surface area contributed by atoms with E-state index in [0.29, 0.717) is 38.7 Å². The van der Waals surface area contributed by atoms with Gasteiger partial charge in [-0.2, -0.15) is 5.26 Å². The van der Waals surface area contributed by atoms with Crippen molar-refractivity contribution in [1.29, 1.82) is 5.26 Å². The summed E-state index contributed by atoms with van der Waals surface area (Å²) in [6.45, 7) is 7.26. The highest BCUT2D eigenvalue weighted by Crippen LogP contribution is 2.37. The molecule has 0 bridgehead atoms. The lowest BCUT2D eigenvalue weighted by Crippen LogP contribution is -2.40. The molecule has 0 amide bonds. The van der Waals surface area contributed by atoms with Crippen LogP contribution in [0.1, 0.15) is 43.6 Å². The van der Waals surface area contributed by atoms with Crippen molar-refractivity contribution in [3.8, 4) is 6.07 Å². The summed E-state index contributed by atoms with van der Waals surface area (Å²) in [6, 6.07) is 13.3. The minimum Gasteiger partial charge on any atom is -0.442 e. The van der Waals surface area contributed by atoms with Crippen LogP contribution in [0.5, 0.6) is 0 Å². The summed E-state index contributed by atoms with van der Waals surface area (Å²) < 4.78 is 19.3. The Morgan fingerprint density at radius 3 is 2.64 bits per heavy atom. The average Bonchev–Trinajstić information content (AvgIpc) is 3.45. The molecule has 1 aliphatic heterocycles. The van der Waals surface area contributed by atoms with Crippen molar-refractivity contribution >= 4 is 57.1 Å². The second kappa shape index (κ2) is 12.5. The third kappa shape index (κ3) is 6.63. The van der Waals surface area contributed by atoms with Crippen LogP contribution >= 0.6 is 23.2 Å². The van der Waals surface area contributed by atoms with Gasteiger partial charge in [-0.25, -0.2) is 4.39 Å². The zero-order chi connectivity index (χ0) is 31.6. The summed E-state index contributed by atoms with van der Waals surface area (Å²) in [4.78, 5) is 21.2. The van der Waals surface area contributed by atoms with E-state index in [4.69, 9.17) is 27.9 Å². The van der Waals surface area contributed by atoms with E-state index in [2.05, 4.69) is 37.6 Å². The smallest absolute Gasteiger partial charge is 0.312 e. The number of benzene rings is 2. The van der Waals surface area contributed by atoms with Crippen molar-refractivity contribution in [3.05, 3.63) is 99.4 Å². The van der Waals surface area contributed by atoms with Gasteiger partial charge in [0.2, 0.25) is 0 Å². The van der Waals surface area contributed by atoms with Gasteiger partial charge < -0.3 is 20.8 Å². The van der Waals surface area contributed by atoms with Gasteiger partial charge in [0, 0.05) is 46.6 Å². The fraction of sp³-hybridized carbons (Fsp3) is 0.226. The van der Waals surface area contributed by atoms with E-state index in [9.17, 15) is 14.4 Å². The van der Waals surface area contributed by atoms with Crippen molar-refractivity contribution < 1.29 is 13.9 Å². The summed E-state index contributed by atoms with van der Waals surface area (Å²) in [6.07, 6.45) is 4.93. The van der Waals surface area contributed by atoms with Gasteiger partial charge in [-0.05, 0) is 64.1 Å². The third-order valence-corrected chi connectivity index (χ3v) is 7.38. The van der Waals surface area contributed by atoms with Crippen LogP contribution in [0.25, 0.3) is 10.9 Å². The standard InChI is InChI=1S/C31H29Cl2FN8O2/c1-17-21(6-5-9-36-17)29(26-15-42(41-40-26)16-44-30(43)31(2,3)4)39-20-10-22-27(38-19-7-8-25(34)23(32)11-19)18(13-35)14-37-28(22)24(33)12-20/h5-12,14-15,29,39-41H,16H2,1-4H3,(H,37,38)/t29-/m0/s1. The van der Waals surface area contributed by atoms with Gasteiger partial charge in [0.1, 0.15) is 11.9 Å². The molecular formula is C31H29Cl2FN8O2. The Hall–Kier alpha value is -4.63. The second-order valence-electron chi connectivity index (χ2n) is 11.1. The number of aryl methyl sites for hydroxylation is 1. The normalized spacial score (nSPS) is 13.6. The summed E-state index contributed by atoms with van der Waals surface area (Å²) >= 11 is 12.7. The lowest BCUT2D eigenvalue weighted by Gasteiger charge is -2.23. The molecule has 226 valence electrons. The zero-order valence-electron chi connectivity index (χ0n) is 24.3. The van der Waals surface area contributed by atoms with Crippen LogP contribution in [-0.4, -0.2) is 27.7 Å². The van der Waals surface area contributed by atoms with E-state index in [-0.39, 0.29) is 23.3 Å². The van der Waals surface area contributed by atoms with E-state index in [1.807, 2.05) is 25.1 Å². The number of nitrogens with one attached hydrogen (secondary N) is 4. The number of pyridine rings is 2. The molecule has 0 saturated heterocycles. The van der Waals surface area contributed by atoms with Crippen molar-refractivity contribution in [2.45, 2.75) is 33.7 Å². The molecule has 4 aromatic rings. The summed E-state index contributed by atoms with van der Waals surface area (Å²) in [7, 11) is 0. The largest absolute Gasteiger partial charge is 0.442 e. The number of rotatable bonds is 8. The number of hydrogen-bond donors (Lipinski definition) is 4. The number of carbonyl (C=O) groups excluding carboxylic acids is 1. The maximum absolute atomic E-state index is 13.8. The van der Waals surface area contributed by atoms with Gasteiger partial charge in [-0.3, -0.25) is 19.8 Å². The quantitative estimate of drug-likeness (QED) is 0.153. The number of nitrogens with zero attached hydrogens (tertiary/aromatic N) is 4. The molecular weight excluding hydrogens is 606 g/mol. The van der Waals surface area contributed by atoms with E-state index in [1.54, 1.807) is 44.2 Å². The molecule has 0 saturated carbocycles. The lowest BCUT2D eigenvalue weighted by atomic mass is 9.98. The van der Waals surface area contributed by atoms with Crippen LogP contribution in [0.2, 0.25) is 10.0 Å². The van der Waals surface area contributed by atoms with Gasteiger partial charge in [-0.1, -0.05) is 29.3 Å². The topological polar surface area (TPSA) is 127 Å². The Labute approximate surface area is 263 Å². The minimum atomic E-state index is -0.636. The van der Waals surface area contributed by atoms with Crippen LogP contribution in [0.3, 0.4) is 0 Å². The first-order valence-corrected chi connectivity index (χ1v) is 14.3. The molecule has 0 aliphatic carbocycles. The Morgan fingerprint density at radius 2 is 1.93 bits per heavy atom. The van der Waals surface area contributed by atoms with Crippen LogP contribution in [0.15, 0.2) is 66.8 Å². The molecule has 10 nitrogen and oxygen atoms in total. The molecule has 13 heteroatoms. The Kier molecular flexibility index (Phi) is 8.78. The number of hydrazine groups is 2. The maximum atomic E-state index is 13.8. The number of ether oxygens (including phenoxy) is 1. The molecule has 1 aliphatic rings. The van der Waals surface area contributed by atoms with Crippen molar-refractivity contribution in [1.82, 2.24) is 25.9 Å². The Morgan fingerprint density at radius 1 is 1.16 bits per heavy atom. The van der Waals surface area contributed by atoms with Gasteiger partial charge in [0.25, 0.3) is 0 Å². The average molecular weight is 636 g/mol. The van der Waals surface area contributed by atoms with Gasteiger partial charge in [0.05, 0.1) is 44.0 Å². The SMILES string of the molecule is Cc1ncccc1[C@H](Nc1cc(Cl)c2ncc(C#N)c(Nc3ccc(F)c(Cl)c3)c2c1)C1=CN(COC(=O)C(C)(C)C)NN1. The summed E-state index contributed by atoms with van der Waals surface area (Å²) in [5.41, 5.74) is 10.2. The van der Waals surface area contributed by atoms with Gasteiger partial charge in [0.15, 0.2) is 6.73 Å². The molecule has 3 heterocycles. The zero-order valence-corrected chi connectivity index (χ0v) is 25.8. The molecule has 44 heavy (non-hydrogen) atoms. The molecule has 1 atom stereocenters. The van der Waals surface area contributed by atoms with E-state index >= 15 is 0 Å². The lowest BCUT2D eigenvalue weighted by molar-refractivity contribution is -0.157. The molecule has 0 spiro atoms. The van der Waals surface area contributed by atoms with Gasteiger partial charge >= 0.3 is 5.97 Å². The molecule has 0 unspecified atom stereocenters. The predicted octanol–water partition coefficient (Wildman–Crippen LogP) is 6.87. The predicted molar refractivity (Wildman–Crippen MR) is 168 cm³/mol. The second-order valence-corrected chi connectivity index (χ2v) is 11.9.